The van der Waals surface area contributed by atoms with E-state index in [0.717, 1.165) is 27.8 Å². The maximum Gasteiger partial charge on any atom is 0.214 e. The molecule has 0 radical (unpaired) electrons. The molecule has 4 rings (SSSR count). The summed E-state index contributed by atoms with van der Waals surface area (Å²) in [6.45, 7) is 2.09. The van der Waals surface area contributed by atoms with E-state index >= 15 is 0 Å². The van der Waals surface area contributed by atoms with Crippen LogP contribution in [-0.4, -0.2) is 14.9 Å². The van der Waals surface area contributed by atoms with Crippen molar-refractivity contribution >= 4 is 17.5 Å². The summed E-state index contributed by atoms with van der Waals surface area (Å²) < 4.78 is 1.94. The number of hydrogen-bond acceptors (Lipinski definition) is 4. The van der Waals surface area contributed by atoms with Crippen molar-refractivity contribution in [2.75, 3.05) is 5.43 Å². The molecule has 3 aromatic rings. The van der Waals surface area contributed by atoms with Gasteiger partial charge in [0, 0.05) is 11.0 Å². The number of thioether (sulfide) groups is 1. The first-order valence-corrected chi connectivity index (χ1v) is 7.91. The summed E-state index contributed by atoms with van der Waals surface area (Å²) in [5.41, 5.74) is 7.91. The third-order valence-electron chi connectivity index (χ3n) is 3.54. The van der Waals surface area contributed by atoms with Gasteiger partial charge in [-0.3, -0.25) is 5.43 Å². The topological polar surface area (TPSA) is 42.7 Å². The van der Waals surface area contributed by atoms with Crippen LogP contribution in [0.15, 0.2) is 65.2 Å². The molecule has 0 saturated carbocycles. The lowest BCUT2D eigenvalue weighted by Crippen LogP contribution is -2.18. The van der Waals surface area contributed by atoms with Crippen molar-refractivity contribution in [3.05, 3.63) is 71.1 Å². The first-order valence-electron chi connectivity index (χ1n) is 7.03. The summed E-state index contributed by atoms with van der Waals surface area (Å²) in [6.07, 6.45) is 0. The molecule has 0 bridgehead atoms. The van der Waals surface area contributed by atoms with Gasteiger partial charge in [0.05, 0.1) is 5.70 Å². The molecular formula is C17H14N4S. The first-order chi connectivity index (χ1) is 10.8. The van der Waals surface area contributed by atoms with Crippen molar-refractivity contribution in [1.29, 1.82) is 0 Å². The van der Waals surface area contributed by atoms with Crippen LogP contribution in [0.3, 0.4) is 0 Å². The fraction of sp³-hybridized carbons (Fsp3) is 0.0588. The van der Waals surface area contributed by atoms with Crippen LogP contribution in [0.4, 0.5) is 0 Å². The predicted octanol–water partition coefficient (Wildman–Crippen LogP) is 3.90. The van der Waals surface area contributed by atoms with E-state index in [1.165, 1.54) is 5.56 Å². The zero-order valence-corrected chi connectivity index (χ0v) is 12.8. The summed E-state index contributed by atoms with van der Waals surface area (Å²) in [6, 6.07) is 18.5. The monoisotopic (exact) mass is 306 g/mol. The van der Waals surface area contributed by atoms with E-state index in [9.17, 15) is 0 Å². The lowest BCUT2D eigenvalue weighted by atomic mass is 10.1. The molecule has 1 N–H and O–H groups in total. The molecule has 4 nitrogen and oxygen atoms in total. The van der Waals surface area contributed by atoms with Crippen molar-refractivity contribution < 1.29 is 0 Å². The van der Waals surface area contributed by atoms with E-state index in [1.54, 1.807) is 11.8 Å². The van der Waals surface area contributed by atoms with Gasteiger partial charge in [0.25, 0.3) is 0 Å². The normalized spacial score (nSPS) is 13.2. The van der Waals surface area contributed by atoms with Gasteiger partial charge in [-0.2, -0.15) is 0 Å². The Labute approximate surface area is 132 Å². The van der Waals surface area contributed by atoms with Crippen molar-refractivity contribution in [1.82, 2.24) is 14.9 Å². The number of benzene rings is 2. The van der Waals surface area contributed by atoms with Crippen LogP contribution in [0.2, 0.25) is 0 Å². The average Bonchev–Trinajstić information content (AvgIpc) is 2.99. The lowest BCUT2D eigenvalue weighted by Gasteiger charge is -2.19. The Morgan fingerprint density at radius 2 is 1.68 bits per heavy atom. The molecule has 1 aliphatic rings. The molecule has 2 heterocycles. The van der Waals surface area contributed by atoms with E-state index < -0.39 is 0 Å². The zero-order valence-electron chi connectivity index (χ0n) is 12.0. The number of rotatable bonds is 2. The molecule has 0 unspecified atom stereocenters. The van der Waals surface area contributed by atoms with Gasteiger partial charge in [-0.05, 0) is 12.5 Å². The van der Waals surface area contributed by atoms with Crippen LogP contribution in [0.5, 0.6) is 0 Å². The Hall–Kier alpha value is -2.53. The molecule has 2 aromatic carbocycles. The number of nitrogens with zero attached hydrogens (tertiary/aromatic N) is 3. The number of fused-ring (bicyclic) bond motifs is 1. The molecule has 108 valence electrons. The molecule has 1 aliphatic heterocycles. The Balaban J connectivity index is 1.70. The summed E-state index contributed by atoms with van der Waals surface area (Å²) >= 11 is 1.58. The minimum atomic E-state index is 0.820. The highest BCUT2D eigenvalue weighted by Crippen LogP contribution is 2.31. The third-order valence-corrected chi connectivity index (χ3v) is 4.37. The van der Waals surface area contributed by atoms with Crippen LogP contribution in [-0.2, 0) is 0 Å². The van der Waals surface area contributed by atoms with Crippen molar-refractivity contribution in [2.24, 2.45) is 0 Å². The molecule has 0 saturated heterocycles. The summed E-state index contributed by atoms with van der Waals surface area (Å²) in [5, 5.41) is 11.5. The second-order valence-electron chi connectivity index (χ2n) is 5.13. The van der Waals surface area contributed by atoms with Crippen molar-refractivity contribution in [3.8, 4) is 11.4 Å². The molecular weight excluding hydrogens is 292 g/mol. The standard InChI is InChI=1S/C17H14N4S/c1-12-7-9-13(10-8-12)15-11-22-17-19-18-16(21(17)20-15)14-5-3-2-4-6-14/h2-11,20H,1H3. The lowest BCUT2D eigenvalue weighted by molar-refractivity contribution is 0.826. The Kier molecular flexibility index (Phi) is 3.20. The summed E-state index contributed by atoms with van der Waals surface area (Å²) in [4.78, 5) is 0. The molecule has 0 spiro atoms. The van der Waals surface area contributed by atoms with E-state index in [-0.39, 0.29) is 0 Å². The SMILES string of the molecule is Cc1ccc(C2=CSc3nnc(-c4ccccc4)n3N2)cc1. The van der Waals surface area contributed by atoms with Gasteiger partial charge in [-0.15, -0.1) is 10.2 Å². The van der Waals surface area contributed by atoms with Gasteiger partial charge in [-0.25, -0.2) is 4.68 Å². The molecule has 22 heavy (non-hydrogen) atoms. The number of aryl methyl sites for hydroxylation is 1. The minimum Gasteiger partial charge on any atom is -0.289 e. The molecule has 0 atom stereocenters. The fourth-order valence-electron chi connectivity index (χ4n) is 2.35. The van der Waals surface area contributed by atoms with Gasteiger partial charge in [-0.1, -0.05) is 71.9 Å². The Morgan fingerprint density at radius 3 is 2.45 bits per heavy atom. The van der Waals surface area contributed by atoms with E-state index in [1.807, 2.05) is 35.0 Å². The number of hydrogen-bond donors (Lipinski definition) is 1. The molecule has 0 aliphatic carbocycles. The Morgan fingerprint density at radius 1 is 0.909 bits per heavy atom. The maximum atomic E-state index is 4.31. The fourth-order valence-corrected chi connectivity index (χ4v) is 3.08. The average molecular weight is 306 g/mol. The second-order valence-corrected chi connectivity index (χ2v) is 5.97. The van der Waals surface area contributed by atoms with Crippen molar-refractivity contribution in [3.63, 3.8) is 0 Å². The highest BCUT2D eigenvalue weighted by molar-refractivity contribution is 8.02. The molecule has 0 fully saturated rings. The molecule has 0 amide bonds. The maximum absolute atomic E-state index is 4.31. The summed E-state index contributed by atoms with van der Waals surface area (Å²) in [5.74, 6) is 0.820. The first kappa shape index (κ1) is 13.2. The van der Waals surface area contributed by atoms with E-state index in [4.69, 9.17) is 0 Å². The number of nitrogens with one attached hydrogen (secondary N) is 1. The predicted molar refractivity (Wildman–Crippen MR) is 89.8 cm³/mol. The quantitative estimate of drug-likeness (QED) is 0.779. The second kappa shape index (κ2) is 5.35. The van der Waals surface area contributed by atoms with Crippen LogP contribution in [0, 0.1) is 6.92 Å². The number of aromatic nitrogens is 3. The largest absolute Gasteiger partial charge is 0.289 e. The third kappa shape index (κ3) is 2.29. The van der Waals surface area contributed by atoms with Gasteiger partial charge in [0.2, 0.25) is 5.16 Å². The summed E-state index contributed by atoms with van der Waals surface area (Å²) in [7, 11) is 0. The van der Waals surface area contributed by atoms with Crippen LogP contribution in [0.1, 0.15) is 11.1 Å². The van der Waals surface area contributed by atoms with Gasteiger partial charge < -0.3 is 0 Å². The van der Waals surface area contributed by atoms with Crippen LogP contribution >= 0.6 is 11.8 Å². The van der Waals surface area contributed by atoms with Gasteiger partial charge in [0.1, 0.15) is 0 Å². The zero-order chi connectivity index (χ0) is 14.9. The minimum absolute atomic E-state index is 0.820. The Bertz CT molecular complexity index is 835. The highest BCUT2D eigenvalue weighted by Gasteiger charge is 2.19. The van der Waals surface area contributed by atoms with E-state index in [2.05, 4.69) is 52.2 Å². The molecule has 5 heteroatoms. The van der Waals surface area contributed by atoms with Crippen LogP contribution in [0.25, 0.3) is 17.1 Å². The van der Waals surface area contributed by atoms with Crippen LogP contribution < -0.4 is 5.43 Å². The van der Waals surface area contributed by atoms with Crippen molar-refractivity contribution in [2.45, 2.75) is 12.1 Å². The smallest absolute Gasteiger partial charge is 0.214 e. The van der Waals surface area contributed by atoms with Gasteiger partial charge >= 0.3 is 0 Å². The van der Waals surface area contributed by atoms with Gasteiger partial charge in [0.15, 0.2) is 5.82 Å². The highest BCUT2D eigenvalue weighted by atomic mass is 32.2. The van der Waals surface area contributed by atoms with E-state index in [0.29, 0.717) is 0 Å². The molecule has 1 aromatic heterocycles.